The number of hydrogen-bond donors (Lipinski definition) is 29. The highest BCUT2D eigenvalue weighted by Crippen LogP contribution is 2.48. The van der Waals surface area contributed by atoms with Crippen LogP contribution in [-0.2, 0) is 118 Å². The molecule has 0 aromatic heterocycles. The smallest absolute Gasteiger partial charge is 0.472 e. The van der Waals surface area contributed by atoms with Gasteiger partial charge in [-0.1, -0.05) is 0 Å². The summed E-state index contributed by atoms with van der Waals surface area (Å²) in [5, 5.41) is 274. The van der Waals surface area contributed by atoms with Gasteiger partial charge in [0.15, 0.2) is 50.1 Å². The zero-order chi connectivity index (χ0) is 86.9. The van der Waals surface area contributed by atoms with Crippen molar-refractivity contribution in [3.8, 4) is 0 Å². The van der Waals surface area contributed by atoms with E-state index in [2.05, 4.69) is 10.6 Å². The van der Waals surface area contributed by atoms with Crippen molar-refractivity contribution in [2.45, 2.75) is 284 Å². The molecule has 8 fully saturated rings. The van der Waals surface area contributed by atoms with Crippen LogP contribution in [-0.4, -0.2) is 487 Å². The first-order chi connectivity index (χ1) is 55.1. The minimum atomic E-state index is -5.54. The highest BCUT2D eigenvalue weighted by molar-refractivity contribution is 7.47. The Labute approximate surface area is 660 Å². The summed E-state index contributed by atoms with van der Waals surface area (Å²) in [7, 11) is -5.54. The van der Waals surface area contributed by atoms with Gasteiger partial charge in [-0.2, -0.15) is 0 Å². The van der Waals surface area contributed by atoms with Crippen molar-refractivity contribution >= 4 is 37.5 Å². The minimum Gasteiger partial charge on any atom is -0.477 e. The molecule has 55 heteroatoms. The molecule has 8 rings (SSSR count). The van der Waals surface area contributed by atoms with E-state index in [1.807, 2.05) is 0 Å². The van der Waals surface area contributed by atoms with Gasteiger partial charge in [0.25, 0.3) is 5.79 Å². The summed E-state index contributed by atoms with van der Waals surface area (Å²) in [5.74, 6) is -9.95. The Hall–Kier alpha value is -4.14. The molecule has 0 spiro atoms. The van der Waals surface area contributed by atoms with Crippen LogP contribution in [0.1, 0.15) is 27.2 Å². The number of carboxylic acids is 1. The van der Waals surface area contributed by atoms with Crippen LogP contribution in [0.2, 0.25) is 0 Å². The van der Waals surface area contributed by atoms with Gasteiger partial charge in [-0.15, -0.1) is 0 Å². The Kier molecular flexibility index (Phi) is 36.1. The number of aliphatic carboxylic acids is 1. The van der Waals surface area contributed by atoms with Crippen LogP contribution in [0.4, 0.5) is 0 Å². The monoisotopic (exact) mass is 1740 g/mol. The number of ether oxygens (including phenoxy) is 17. The van der Waals surface area contributed by atoms with E-state index in [4.69, 9.17) is 101 Å². The second kappa shape index (κ2) is 43.0. The van der Waals surface area contributed by atoms with E-state index in [9.17, 15) is 156 Å². The summed E-state index contributed by atoms with van der Waals surface area (Å²) in [6.07, 6.45) is -92.0. The van der Waals surface area contributed by atoms with Crippen LogP contribution in [0.5, 0.6) is 0 Å². The molecule has 1 unspecified atom stereocenters. The van der Waals surface area contributed by atoms with Crippen LogP contribution >= 0.6 is 7.82 Å². The minimum absolute atomic E-state index is 0.461. The predicted molar refractivity (Wildman–Crippen MR) is 357 cm³/mol. The zero-order valence-electron chi connectivity index (χ0n) is 62.1. The molecule has 0 bridgehead atoms. The third kappa shape index (κ3) is 22.9. The summed E-state index contributed by atoms with van der Waals surface area (Å²) >= 11 is 0. The van der Waals surface area contributed by atoms with Crippen molar-refractivity contribution in [2.75, 3.05) is 72.6 Å². The van der Waals surface area contributed by atoms with Gasteiger partial charge in [-0.05, 0) is 0 Å². The number of aliphatic hydroxyl groups excluding tert-OH is 22. The van der Waals surface area contributed by atoms with E-state index in [0.717, 1.165) is 20.8 Å². The zero-order valence-corrected chi connectivity index (χ0v) is 63.0. The van der Waals surface area contributed by atoms with Crippen molar-refractivity contribution in [3.05, 3.63) is 0 Å². The molecule has 43 atom stereocenters. The fraction of sp³-hybridized carbons (Fsp3) is 0.919. The van der Waals surface area contributed by atoms with E-state index in [0.29, 0.717) is 0 Å². The maximum Gasteiger partial charge on any atom is 0.472 e. The molecule has 8 aliphatic heterocycles. The average Bonchev–Trinajstić information content (AvgIpc) is 0.758. The number of carboxylic acid groups (broad SMARTS) is 1. The van der Waals surface area contributed by atoms with Gasteiger partial charge in [0.1, 0.15) is 202 Å². The first-order valence-corrected chi connectivity index (χ1v) is 37.8. The van der Waals surface area contributed by atoms with Crippen LogP contribution < -0.4 is 22.1 Å². The second-order valence-corrected chi connectivity index (χ2v) is 29.7. The summed E-state index contributed by atoms with van der Waals surface area (Å²) in [6, 6.07) is -3.87. The molecule has 0 aromatic carbocycles. The third-order valence-corrected chi connectivity index (χ3v) is 21.0. The standard InChI is InChI=1S/C62H105N4O50P/c1-16(74)65-29-34(84)46(108-56-39(89)35(85)31(81)22(10-69)102-56)25(13-72)104-54(29)111-50-33(83)24(12-71)103-58(41(50)91)109-47-26(14-73)105-57(40(90)38(47)88)114-53-44(20(78)8-67)107-59(106-43-19(77)6-62(95,61(93)94)115-45(43)21(79)9-68)42(92)51(53)112-60-52(113-55-30(66-17(2)75)49(100-18(3)76)32(82)23(11-70)101-55)37(87)36(86)48(110-60)27(15-98-28(80)7-64)116-117(96,97)99-5-4-63/h19-27,29-60,67-73,77-79,81-92,95H,4-15,63-64H2,1-3H3,(H,65,74)(H,66,75)(H,93,94)(H,96,97)/t19-,20+,21-,22-,23-,24-,25-,26-,27+,29-,30-,31+,32-,33+,34-,35+,36+,37+,38-,39-,40-,41-,42+,43+,44-,45-,46-,47-,48-,49-,50+,51-,52+,53-,54+,55-,56+,57+,58+,59+,60-,62-/m1/s1. The van der Waals surface area contributed by atoms with E-state index >= 15 is 0 Å². The molecule has 54 nitrogen and oxygen atoms in total. The Bertz CT molecular complexity index is 3210. The number of nitrogens with two attached hydrogens (primary N) is 2. The number of hydrogen-bond acceptors (Lipinski definition) is 50. The third-order valence-electron chi connectivity index (χ3n) is 20.0. The highest BCUT2D eigenvalue weighted by atomic mass is 31.2. The quantitative estimate of drug-likeness (QED) is 0.0205. The van der Waals surface area contributed by atoms with Crippen LogP contribution in [0.25, 0.3) is 0 Å². The van der Waals surface area contributed by atoms with Gasteiger partial charge in [0, 0.05) is 33.7 Å². The number of phosphoric acid groups is 1. The van der Waals surface area contributed by atoms with Gasteiger partial charge in [-0.25, -0.2) is 9.36 Å². The Morgan fingerprint density at radius 2 is 0.889 bits per heavy atom. The van der Waals surface area contributed by atoms with Gasteiger partial charge in [0.2, 0.25) is 11.8 Å². The van der Waals surface area contributed by atoms with Crippen LogP contribution in [0.15, 0.2) is 0 Å². The van der Waals surface area contributed by atoms with Gasteiger partial charge >= 0.3 is 25.7 Å². The molecular weight excluding hydrogens is 1630 g/mol. The molecule has 8 saturated heterocycles. The van der Waals surface area contributed by atoms with Crippen LogP contribution in [0.3, 0.4) is 0 Å². The SMILES string of the molecule is CC(=O)N[C@H]1[C@H](O[C@H]2[C@@H](O)[C@@H](CO)O[C@@H](O[C@H]3[C@H](O)[C@@H](O)[C@H](O[C@H]4[C@H](O[C@H]5O[C@H]([C@H](COC(=O)CN)OP(=O)(O)OCCN)[C@@H](O)[C@H](O)[C@@H]5O[C@H]5O[C@H](CO)[C@@H](O)[C@H](OC(C)=O)[C@H]5NC(C)=O)[C@H](O)[C@@H](O[C@@H]5[C@@H]([C@H](O)CO)O[C@@](O)(C(=O)O)C[C@H]5O)O[C@@H]4[C@@H](O)CO)O[C@@H]3CO)[C@@H]2O)O[C@H](CO)[C@@H](O[C@@H]2O[C@H](CO)[C@H](O)[C@H](O)[C@H]2O)[C@@H]1O. The number of esters is 2. The normalized spacial score (nSPS) is 44.7. The number of amides is 2. The van der Waals surface area contributed by atoms with Crippen molar-refractivity contribution < 1.29 is 246 Å². The predicted octanol–water partition coefficient (Wildman–Crippen LogP) is -19.4. The Balaban J connectivity index is 1.19. The molecule has 8 aliphatic rings. The largest absolute Gasteiger partial charge is 0.477 e. The van der Waals surface area contributed by atoms with E-state index in [-0.39, 0.29) is 0 Å². The number of carbonyl (C=O) groups is 5. The van der Waals surface area contributed by atoms with Gasteiger partial charge in [-0.3, -0.25) is 28.2 Å². The molecule has 2 amide bonds. The van der Waals surface area contributed by atoms with Crippen molar-refractivity contribution in [3.63, 3.8) is 0 Å². The summed E-state index contributed by atoms with van der Waals surface area (Å²) in [5.41, 5.74) is 10.9. The number of carbonyl (C=O) groups excluding carboxylic acids is 4. The molecule has 8 heterocycles. The second-order valence-electron chi connectivity index (χ2n) is 28.2. The summed E-state index contributed by atoms with van der Waals surface area (Å²) in [6.45, 7) is -9.44. The summed E-state index contributed by atoms with van der Waals surface area (Å²) in [4.78, 5) is 74.2. The van der Waals surface area contributed by atoms with E-state index in [1.165, 1.54) is 0 Å². The fourth-order valence-corrected chi connectivity index (χ4v) is 15.1. The van der Waals surface area contributed by atoms with Crippen LogP contribution in [0, 0.1) is 0 Å². The molecule has 678 valence electrons. The number of aliphatic hydroxyl groups is 23. The molecule has 0 saturated carbocycles. The number of phosphoric ester groups is 1. The molecule has 0 aliphatic carbocycles. The first-order valence-electron chi connectivity index (χ1n) is 36.3. The molecule has 0 radical (unpaired) electrons. The Morgan fingerprint density at radius 1 is 0.462 bits per heavy atom. The van der Waals surface area contributed by atoms with Crippen molar-refractivity contribution in [2.24, 2.45) is 11.5 Å². The molecular formula is C62H105N4O50P. The first kappa shape index (κ1) is 98.3. The lowest BCUT2D eigenvalue weighted by molar-refractivity contribution is -0.415. The van der Waals surface area contributed by atoms with E-state index < -0.39 is 374 Å². The maximum absolute atomic E-state index is 13.6. The molecule has 117 heavy (non-hydrogen) atoms. The highest BCUT2D eigenvalue weighted by Gasteiger charge is 2.63. The van der Waals surface area contributed by atoms with Crippen molar-refractivity contribution in [1.82, 2.24) is 10.6 Å². The number of rotatable bonds is 36. The van der Waals surface area contributed by atoms with E-state index in [1.54, 1.807) is 0 Å². The van der Waals surface area contributed by atoms with Gasteiger partial charge < -0.3 is 230 Å². The Morgan fingerprint density at radius 3 is 1.43 bits per heavy atom. The maximum atomic E-state index is 13.6. The van der Waals surface area contributed by atoms with Gasteiger partial charge in [0.05, 0.1) is 65.5 Å². The van der Waals surface area contributed by atoms with Crippen molar-refractivity contribution in [1.29, 1.82) is 0 Å². The lowest BCUT2D eigenvalue weighted by Crippen LogP contribution is -2.71. The topological polar surface area (TPSA) is 860 Å². The lowest BCUT2D eigenvalue weighted by atomic mass is 9.91. The molecule has 31 N–H and O–H groups in total. The molecule has 0 aromatic rings. The number of nitrogens with one attached hydrogen (secondary N) is 2. The fourth-order valence-electron chi connectivity index (χ4n) is 14.1. The lowest BCUT2D eigenvalue weighted by Gasteiger charge is -2.52. The average molecular weight is 1740 g/mol. The summed E-state index contributed by atoms with van der Waals surface area (Å²) < 4.78 is 123.